The first-order valence-corrected chi connectivity index (χ1v) is 7.10. The predicted octanol–water partition coefficient (Wildman–Crippen LogP) is 2.88. The van der Waals surface area contributed by atoms with Gasteiger partial charge in [0.25, 0.3) is 0 Å². The summed E-state index contributed by atoms with van der Waals surface area (Å²) in [6, 6.07) is 4.28. The normalized spacial score (nSPS) is 32.7. The van der Waals surface area contributed by atoms with Gasteiger partial charge < -0.3 is 10.2 Å². The zero-order valence-corrected chi connectivity index (χ0v) is 11.7. The van der Waals surface area contributed by atoms with Gasteiger partial charge in [-0.2, -0.15) is 0 Å². The molecule has 3 rings (SSSR count). The van der Waals surface area contributed by atoms with Crippen LogP contribution < -0.4 is 5.32 Å². The van der Waals surface area contributed by atoms with E-state index >= 15 is 0 Å². The molecule has 2 aliphatic heterocycles. The number of pyridine rings is 1. The Bertz CT molecular complexity index is 395. The molecule has 0 aromatic carbocycles. The Labute approximate surface area is 111 Å². The van der Waals surface area contributed by atoms with Gasteiger partial charge in [-0.25, -0.2) is 0 Å². The minimum Gasteiger partial charge on any atom is -0.381 e. The number of nitrogens with one attached hydrogen (secondary N) is 1. The quantitative estimate of drug-likeness (QED) is 0.909. The van der Waals surface area contributed by atoms with Gasteiger partial charge in [-0.1, -0.05) is 0 Å². The fraction of sp³-hybridized carbons (Fsp3) is 0.615. The Morgan fingerprint density at radius 2 is 2.00 bits per heavy atom. The number of piperidine rings is 1. The molecule has 0 amide bonds. The van der Waals surface area contributed by atoms with Crippen molar-refractivity contribution in [2.24, 2.45) is 0 Å². The van der Waals surface area contributed by atoms with Gasteiger partial charge in [0, 0.05) is 28.8 Å². The smallest absolute Gasteiger partial charge is 0.0540 e. The number of fused-ring (bicyclic) bond motifs is 2. The third-order valence-corrected chi connectivity index (χ3v) is 4.61. The van der Waals surface area contributed by atoms with Crippen molar-refractivity contribution < 1.29 is 0 Å². The lowest BCUT2D eigenvalue weighted by Crippen LogP contribution is -2.44. The van der Waals surface area contributed by atoms with Gasteiger partial charge in [-0.3, -0.25) is 4.98 Å². The molecule has 92 valence electrons. The molecule has 0 radical (unpaired) electrons. The Hall–Kier alpha value is -0.610. The van der Waals surface area contributed by atoms with E-state index in [4.69, 9.17) is 0 Å². The third-order valence-electron chi connectivity index (χ3n) is 4.17. The highest BCUT2D eigenvalue weighted by Crippen LogP contribution is 2.35. The monoisotopic (exact) mass is 295 g/mol. The average Bonchev–Trinajstić information content (AvgIpc) is 2.52. The second-order valence-corrected chi connectivity index (χ2v) is 6.17. The van der Waals surface area contributed by atoms with Crippen LogP contribution in [0.3, 0.4) is 0 Å². The van der Waals surface area contributed by atoms with Gasteiger partial charge in [0.2, 0.25) is 0 Å². The standard InChI is InChI=1S/C13H18BrN3/c1-17-12-2-3-13(17)6-10(5-12)16-11-4-9(14)7-15-8-11/h4,7-8,10,12-13,16H,2-3,5-6H2,1H3/t10?,12-,13+. The van der Waals surface area contributed by atoms with Crippen molar-refractivity contribution in [1.29, 1.82) is 0 Å². The fourth-order valence-corrected chi connectivity index (χ4v) is 3.62. The Kier molecular flexibility index (Phi) is 3.09. The van der Waals surface area contributed by atoms with Crippen molar-refractivity contribution in [2.45, 2.75) is 43.8 Å². The maximum Gasteiger partial charge on any atom is 0.0540 e. The van der Waals surface area contributed by atoms with Gasteiger partial charge in [0.05, 0.1) is 11.9 Å². The molecule has 3 nitrogen and oxygen atoms in total. The van der Waals surface area contributed by atoms with Gasteiger partial charge in [0.1, 0.15) is 0 Å². The second-order valence-electron chi connectivity index (χ2n) is 5.25. The number of hydrogen-bond donors (Lipinski definition) is 1. The molecular formula is C13H18BrN3. The van der Waals surface area contributed by atoms with Crippen molar-refractivity contribution in [2.75, 3.05) is 12.4 Å². The minimum atomic E-state index is 0.611. The highest BCUT2D eigenvalue weighted by Gasteiger charge is 2.38. The maximum absolute atomic E-state index is 4.20. The highest BCUT2D eigenvalue weighted by molar-refractivity contribution is 9.10. The summed E-state index contributed by atoms with van der Waals surface area (Å²) in [7, 11) is 2.28. The molecule has 4 heteroatoms. The van der Waals surface area contributed by atoms with Crippen LogP contribution in [0, 0.1) is 0 Å². The Morgan fingerprint density at radius 1 is 1.29 bits per heavy atom. The molecule has 2 fully saturated rings. The van der Waals surface area contributed by atoms with E-state index in [1.807, 2.05) is 12.4 Å². The maximum atomic E-state index is 4.20. The molecule has 1 aromatic heterocycles. The van der Waals surface area contributed by atoms with E-state index in [-0.39, 0.29) is 0 Å². The van der Waals surface area contributed by atoms with Crippen molar-refractivity contribution in [3.63, 3.8) is 0 Å². The number of aromatic nitrogens is 1. The predicted molar refractivity (Wildman–Crippen MR) is 73.2 cm³/mol. The van der Waals surface area contributed by atoms with Crippen LogP contribution in [-0.2, 0) is 0 Å². The topological polar surface area (TPSA) is 28.2 Å². The molecule has 3 atom stereocenters. The van der Waals surface area contributed by atoms with Crippen LogP contribution in [0.15, 0.2) is 22.9 Å². The van der Waals surface area contributed by atoms with Gasteiger partial charge >= 0.3 is 0 Å². The van der Waals surface area contributed by atoms with Crippen molar-refractivity contribution in [1.82, 2.24) is 9.88 Å². The molecule has 1 aromatic rings. The molecule has 1 N–H and O–H groups in total. The third kappa shape index (κ3) is 2.33. The van der Waals surface area contributed by atoms with E-state index < -0.39 is 0 Å². The second kappa shape index (κ2) is 4.58. The lowest BCUT2D eigenvalue weighted by Gasteiger charge is -2.37. The summed E-state index contributed by atoms with van der Waals surface area (Å²) in [5, 5.41) is 3.62. The SMILES string of the molecule is CN1[C@@H]2CC[C@H]1CC(Nc1cncc(Br)c1)C2. The first kappa shape index (κ1) is 11.5. The van der Waals surface area contributed by atoms with Gasteiger partial charge in [-0.15, -0.1) is 0 Å². The largest absolute Gasteiger partial charge is 0.381 e. The summed E-state index contributed by atoms with van der Waals surface area (Å²) in [6.45, 7) is 0. The van der Waals surface area contributed by atoms with Crippen LogP contribution in [0.5, 0.6) is 0 Å². The molecule has 0 aliphatic carbocycles. The summed E-state index contributed by atoms with van der Waals surface area (Å²) < 4.78 is 1.04. The summed E-state index contributed by atoms with van der Waals surface area (Å²) in [4.78, 5) is 6.77. The fourth-order valence-electron chi connectivity index (χ4n) is 3.26. The zero-order valence-electron chi connectivity index (χ0n) is 10.1. The number of anilines is 1. The van der Waals surface area contributed by atoms with Gasteiger partial charge in [-0.05, 0) is 54.7 Å². The van der Waals surface area contributed by atoms with Gasteiger partial charge in [0.15, 0.2) is 0 Å². The molecule has 2 saturated heterocycles. The van der Waals surface area contributed by atoms with Crippen LogP contribution in [0.25, 0.3) is 0 Å². The van der Waals surface area contributed by atoms with E-state index in [0.29, 0.717) is 6.04 Å². The van der Waals surface area contributed by atoms with E-state index in [9.17, 15) is 0 Å². The van der Waals surface area contributed by atoms with Crippen LogP contribution in [0.4, 0.5) is 5.69 Å². The number of rotatable bonds is 2. The molecular weight excluding hydrogens is 278 g/mol. The van der Waals surface area contributed by atoms with Crippen molar-refractivity contribution >= 4 is 21.6 Å². The lowest BCUT2D eigenvalue weighted by atomic mass is 9.98. The van der Waals surface area contributed by atoms with E-state index in [2.05, 4.69) is 44.2 Å². The number of hydrogen-bond acceptors (Lipinski definition) is 3. The molecule has 0 saturated carbocycles. The Balaban J connectivity index is 1.67. The summed E-state index contributed by atoms with van der Waals surface area (Å²) in [5.74, 6) is 0. The van der Waals surface area contributed by atoms with Crippen LogP contribution in [0.1, 0.15) is 25.7 Å². The average molecular weight is 296 g/mol. The first-order chi connectivity index (χ1) is 8.22. The first-order valence-electron chi connectivity index (χ1n) is 6.31. The van der Waals surface area contributed by atoms with Crippen molar-refractivity contribution in [3.8, 4) is 0 Å². The zero-order chi connectivity index (χ0) is 11.8. The molecule has 3 heterocycles. The molecule has 2 bridgehead atoms. The molecule has 2 aliphatic rings. The molecule has 0 spiro atoms. The number of nitrogens with zero attached hydrogens (tertiary/aromatic N) is 2. The highest BCUT2D eigenvalue weighted by atomic mass is 79.9. The minimum absolute atomic E-state index is 0.611. The van der Waals surface area contributed by atoms with Crippen molar-refractivity contribution in [3.05, 3.63) is 22.9 Å². The van der Waals surface area contributed by atoms with Crippen LogP contribution in [-0.4, -0.2) is 35.1 Å². The summed E-state index contributed by atoms with van der Waals surface area (Å²) in [6.07, 6.45) is 9.00. The molecule has 17 heavy (non-hydrogen) atoms. The van der Waals surface area contributed by atoms with Crippen LogP contribution >= 0.6 is 15.9 Å². The van der Waals surface area contributed by atoms with E-state index in [1.54, 1.807) is 0 Å². The number of halogens is 1. The van der Waals surface area contributed by atoms with Crippen LogP contribution in [0.2, 0.25) is 0 Å². The summed E-state index contributed by atoms with van der Waals surface area (Å²) >= 11 is 3.46. The Morgan fingerprint density at radius 3 is 2.65 bits per heavy atom. The summed E-state index contributed by atoms with van der Waals surface area (Å²) in [5.41, 5.74) is 1.13. The van der Waals surface area contributed by atoms with E-state index in [0.717, 1.165) is 22.2 Å². The molecule has 1 unspecified atom stereocenters. The van der Waals surface area contributed by atoms with E-state index in [1.165, 1.54) is 25.7 Å². The lowest BCUT2D eigenvalue weighted by molar-refractivity contribution is 0.169.